The highest BCUT2D eigenvalue weighted by Crippen LogP contribution is 2.32. The first-order chi connectivity index (χ1) is 21.2. The van der Waals surface area contributed by atoms with E-state index in [9.17, 15) is 18.0 Å². The second-order valence-corrected chi connectivity index (χ2v) is 10.3. The van der Waals surface area contributed by atoms with E-state index in [1.54, 1.807) is 24.3 Å². The molecule has 6 rings (SSSR count). The summed E-state index contributed by atoms with van der Waals surface area (Å²) in [5.74, 6) is 0.753. The first kappa shape index (κ1) is 28.7. The number of benzene rings is 4. The summed E-state index contributed by atoms with van der Waals surface area (Å²) in [6.07, 6.45) is -3.02. The average molecular weight is 593 g/mol. The zero-order chi connectivity index (χ0) is 30.8. The lowest BCUT2D eigenvalue weighted by molar-refractivity contribution is -0.137. The number of hydrogen-bond donors (Lipinski definition) is 0. The van der Waals surface area contributed by atoms with Gasteiger partial charge >= 0.3 is 6.18 Å². The molecule has 0 unspecified atom stereocenters. The highest BCUT2D eigenvalue weighted by Gasteiger charge is 2.31. The fourth-order valence-electron chi connectivity index (χ4n) is 5.12. The minimum Gasteiger partial charge on any atom is -0.489 e. The standard InChI is InChI=1S/C35H27F3N4O2/c1-23-19-27(24(2)41(23)29-15-17-30(18-16-29)44-22-25-9-4-3-5-10-25)21-39-42-33(26-11-8-12-28(20-26)35(36,37)38)40-32-14-7-6-13-31(32)34(42)43/h3-21H,22H2,1-2H3. The number of para-hydroxylation sites is 1. The molecule has 44 heavy (non-hydrogen) atoms. The van der Waals surface area contributed by atoms with Crippen molar-refractivity contribution in [1.29, 1.82) is 0 Å². The van der Waals surface area contributed by atoms with Crippen LogP contribution in [0.25, 0.3) is 28.0 Å². The molecule has 9 heteroatoms. The highest BCUT2D eigenvalue weighted by atomic mass is 19.4. The summed E-state index contributed by atoms with van der Waals surface area (Å²) < 4.78 is 49.6. The van der Waals surface area contributed by atoms with Gasteiger partial charge in [0.15, 0.2) is 5.82 Å². The number of halogens is 3. The minimum absolute atomic E-state index is 0.0101. The molecule has 0 aliphatic carbocycles. The smallest absolute Gasteiger partial charge is 0.416 e. The molecule has 0 saturated heterocycles. The van der Waals surface area contributed by atoms with Crippen LogP contribution in [0.15, 0.2) is 119 Å². The second kappa shape index (κ2) is 11.7. The molecular formula is C35H27F3N4O2. The normalized spacial score (nSPS) is 11.8. The van der Waals surface area contributed by atoms with Crippen LogP contribution >= 0.6 is 0 Å². The van der Waals surface area contributed by atoms with Crippen molar-refractivity contribution in [3.8, 4) is 22.8 Å². The molecule has 0 saturated carbocycles. The summed E-state index contributed by atoms with van der Waals surface area (Å²) in [5, 5.41) is 4.78. The first-order valence-corrected chi connectivity index (χ1v) is 13.9. The van der Waals surface area contributed by atoms with Crippen molar-refractivity contribution in [3.05, 3.63) is 148 Å². The molecule has 2 aromatic heterocycles. The Kier molecular flexibility index (Phi) is 7.61. The van der Waals surface area contributed by atoms with Crippen molar-refractivity contribution in [2.75, 3.05) is 0 Å². The maximum absolute atomic E-state index is 13.5. The predicted octanol–water partition coefficient (Wildman–Crippen LogP) is 7.95. The molecular weight excluding hydrogens is 565 g/mol. The van der Waals surface area contributed by atoms with Crippen LogP contribution in [0.1, 0.15) is 28.1 Å². The van der Waals surface area contributed by atoms with E-state index in [4.69, 9.17) is 4.74 Å². The van der Waals surface area contributed by atoms with E-state index < -0.39 is 17.3 Å². The number of ether oxygens (including phenoxy) is 1. The number of alkyl halides is 3. The van der Waals surface area contributed by atoms with Crippen LogP contribution in [0.2, 0.25) is 0 Å². The van der Waals surface area contributed by atoms with Crippen LogP contribution < -0.4 is 10.3 Å². The molecule has 220 valence electrons. The Labute approximate surface area is 251 Å². The van der Waals surface area contributed by atoms with Crippen LogP contribution in [0, 0.1) is 13.8 Å². The maximum atomic E-state index is 13.5. The van der Waals surface area contributed by atoms with Crippen molar-refractivity contribution in [2.24, 2.45) is 5.10 Å². The van der Waals surface area contributed by atoms with Crippen LogP contribution in [-0.2, 0) is 12.8 Å². The molecule has 2 heterocycles. The Bertz CT molecular complexity index is 2040. The quantitative estimate of drug-likeness (QED) is 0.177. The molecule has 6 nitrogen and oxygen atoms in total. The van der Waals surface area contributed by atoms with Crippen molar-refractivity contribution in [3.63, 3.8) is 0 Å². The summed E-state index contributed by atoms with van der Waals surface area (Å²) in [7, 11) is 0. The molecule has 0 radical (unpaired) electrons. The number of nitrogens with zero attached hydrogens (tertiary/aromatic N) is 4. The molecule has 0 atom stereocenters. The third-order valence-electron chi connectivity index (χ3n) is 7.33. The number of aryl methyl sites for hydroxylation is 1. The monoisotopic (exact) mass is 592 g/mol. The zero-order valence-corrected chi connectivity index (χ0v) is 23.9. The summed E-state index contributed by atoms with van der Waals surface area (Å²) in [5.41, 5.74) is 3.70. The summed E-state index contributed by atoms with van der Waals surface area (Å²) in [6, 6.07) is 31.0. The fraction of sp³-hybridized carbons (Fsp3) is 0.114. The molecule has 0 fully saturated rings. The van der Waals surface area contributed by atoms with Gasteiger partial charge in [0.2, 0.25) is 0 Å². The summed E-state index contributed by atoms with van der Waals surface area (Å²) in [6.45, 7) is 4.36. The van der Waals surface area contributed by atoms with Gasteiger partial charge in [-0.25, -0.2) is 4.98 Å². The van der Waals surface area contributed by atoms with Crippen molar-refractivity contribution >= 4 is 17.1 Å². The highest BCUT2D eigenvalue weighted by molar-refractivity contribution is 5.83. The minimum atomic E-state index is -4.55. The number of rotatable bonds is 7. The van der Waals surface area contributed by atoms with E-state index in [2.05, 4.69) is 14.7 Å². The molecule has 0 bridgehead atoms. The molecule has 0 aliphatic rings. The van der Waals surface area contributed by atoms with Crippen LogP contribution in [-0.4, -0.2) is 20.4 Å². The third-order valence-corrected chi connectivity index (χ3v) is 7.33. The van der Waals surface area contributed by atoms with Gasteiger partial charge in [0, 0.05) is 28.2 Å². The van der Waals surface area contributed by atoms with Crippen LogP contribution in [0.4, 0.5) is 13.2 Å². The summed E-state index contributed by atoms with van der Waals surface area (Å²) in [4.78, 5) is 18.1. The zero-order valence-electron chi connectivity index (χ0n) is 23.9. The van der Waals surface area contributed by atoms with Gasteiger partial charge in [-0.15, -0.1) is 0 Å². The van der Waals surface area contributed by atoms with E-state index in [1.807, 2.05) is 74.5 Å². The Hall–Kier alpha value is -5.44. The van der Waals surface area contributed by atoms with E-state index in [1.165, 1.54) is 18.3 Å². The summed E-state index contributed by atoms with van der Waals surface area (Å²) >= 11 is 0. The average Bonchev–Trinajstić information content (AvgIpc) is 3.32. The van der Waals surface area contributed by atoms with Gasteiger partial charge in [-0.2, -0.15) is 22.9 Å². The second-order valence-electron chi connectivity index (χ2n) is 10.3. The molecule has 6 aromatic rings. The lowest BCUT2D eigenvalue weighted by Crippen LogP contribution is -2.20. The maximum Gasteiger partial charge on any atom is 0.416 e. The molecule has 0 N–H and O–H groups in total. The third kappa shape index (κ3) is 5.76. The number of hydrogen-bond acceptors (Lipinski definition) is 4. The Morgan fingerprint density at radius 3 is 2.34 bits per heavy atom. The Morgan fingerprint density at radius 2 is 1.59 bits per heavy atom. The van der Waals surface area contributed by atoms with Gasteiger partial charge in [0.1, 0.15) is 12.4 Å². The molecule has 0 aliphatic heterocycles. The molecule has 4 aromatic carbocycles. The van der Waals surface area contributed by atoms with Crippen molar-refractivity contribution in [2.45, 2.75) is 26.6 Å². The van der Waals surface area contributed by atoms with Gasteiger partial charge in [0.25, 0.3) is 5.56 Å². The fourth-order valence-corrected chi connectivity index (χ4v) is 5.12. The number of fused-ring (bicyclic) bond motifs is 1. The topological polar surface area (TPSA) is 61.4 Å². The largest absolute Gasteiger partial charge is 0.489 e. The van der Waals surface area contributed by atoms with Crippen LogP contribution in [0.3, 0.4) is 0 Å². The lowest BCUT2D eigenvalue weighted by Gasteiger charge is -2.12. The van der Waals surface area contributed by atoms with Crippen molar-refractivity contribution < 1.29 is 17.9 Å². The Morgan fingerprint density at radius 1 is 0.864 bits per heavy atom. The van der Waals surface area contributed by atoms with E-state index in [0.29, 0.717) is 17.5 Å². The van der Waals surface area contributed by atoms with E-state index >= 15 is 0 Å². The van der Waals surface area contributed by atoms with Gasteiger partial charge in [-0.3, -0.25) is 4.79 Å². The lowest BCUT2D eigenvalue weighted by atomic mass is 10.1. The van der Waals surface area contributed by atoms with Gasteiger partial charge in [-0.1, -0.05) is 54.6 Å². The number of aromatic nitrogens is 3. The van der Waals surface area contributed by atoms with E-state index in [-0.39, 0.29) is 11.4 Å². The van der Waals surface area contributed by atoms with E-state index in [0.717, 1.165) is 50.8 Å². The van der Waals surface area contributed by atoms with Gasteiger partial charge in [0.05, 0.1) is 22.7 Å². The van der Waals surface area contributed by atoms with Gasteiger partial charge in [-0.05, 0) is 74.0 Å². The van der Waals surface area contributed by atoms with Crippen LogP contribution in [0.5, 0.6) is 5.75 Å². The molecule has 0 amide bonds. The predicted molar refractivity (Wildman–Crippen MR) is 165 cm³/mol. The Balaban J connectivity index is 1.34. The molecule has 0 spiro atoms. The SMILES string of the molecule is Cc1cc(C=Nn2c(-c3cccc(C(F)(F)F)c3)nc3ccccc3c2=O)c(C)n1-c1ccc(OCc2ccccc2)cc1. The first-order valence-electron chi connectivity index (χ1n) is 13.9. The van der Waals surface area contributed by atoms with Crippen molar-refractivity contribution in [1.82, 2.24) is 14.2 Å². The van der Waals surface area contributed by atoms with Gasteiger partial charge < -0.3 is 9.30 Å².